The summed E-state index contributed by atoms with van der Waals surface area (Å²) in [6.45, 7) is 0. The number of halogens is 1. The fourth-order valence-corrected chi connectivity index (χ4v) is 5.35. The molecule has 0 bridgehead atoms. The Morgan fingerprint density at radius 2 is 2.22 bits per heavy atom. The number of carbonyl (C=O) groups is 1. The van der Waals surface area contributed by atoms with E-state index in [2.05, 4.69) is 15.9 Å². The van der Waals surface area contributed by atoms with Crippen molar-refractivity contribution in [2.45, 2.75) is 10.9 Å². The summed E-state index contributed by atoms with van der Waals surface area (Å²) in [5.41, 5.74) is 0. The summed E-state index contributed by atoms with van der Waals surface area (Å²) in [5.74, 6) is -0.660. The van der Waals surface area contributed by atoms with Crippen molar-refractivity contribution in [2.24, 2.45) is 0 Å². The minimum Gasteiger partial charge on any atom is -0.480 e. The molecule has 1 fully saturated rings. The zero-order chi connectivity index (χ0) is 13.3. The van der Waals surface area contributed by atoms with Crippen LogP contribution in [0.3, 0.4) is 0 Å². The van der Waals surface area contributed by atoms with E-state index in [1.807, 2.05) is 0 Å². The fourth-order valence-electron chi connectivity index (χ4n) is 1.62. The lowest BCUT2D eigenvalue weighted by Gasteiger charge is -2.20. The van der Waals surface area contributed by atoms with Crippen molar-refractivity contribution < 1.29 is 18.3 Å². The van der Waals surface area contributed by atoms with Gasteiger partial charge < -0.3 is 5.11 Å². The number of sulfonamides is 1. The number of hydrogen-bond acceptors (Lipinski definition) is 4. The molecular weight excluding hydrogens is 342 g/mol. The highest BCUT2D eigenvalue weighted by Crippen LogP contribution is 2.29. The molecule has 1 saturated heterocycles. The van der Waals surface area contributed by atoms with Gasteiger partial charge >= 0.3 is 5.97 Å². The van der Waals surface area contributed by atoms with E-state index in [0.717, 1.165) is 4.31 Å². The monoisotopic (exact) mass is 351 g/mol. The second-order valence-electron chi connectivity index (χ2n) is 3.70. The van der Waals surface area contributed by atoms with Crippen LogP contribution < -0.4 is 0 Å². The minimum atomic E-state index is -3.75. The number of hydrogen-bond donors (Lipinski definition) is 1. The third-order valence-corrected chi connectivity index (χ3v) is 6.05. The first-order valence-corrected chi connectivity index (χ1v) is 8.39. The molecule has 0 aliphatic carbocycles. The summed E-state index contributed by atoms with van der Waals surface area (Å²) in [6.07, 6.45) is 0. The maximum Gasteiger partial charge on any atom is 0.322 e. The van der Waals surface area contributed by atoms with Crippen molar-refractivity contribution in [1.82, 2.24) is 4.31 Å². The third kappa shape index (κ3) is 2.56. The first-order valence-electron chi connectivity index (χ1n) is 5.01. The van der Waals surface area contributed by atoms with Crippen molar-refractivity contribution >= 4 is 43.7 Å². The molecule has 5 nitrogen and oxygen atoms in total. The molecule has 1 heterocycles. The molecule has 1 aromatic carbocycles. The number of carboxylic acid groups (broad SMARTS) is 1. The fraction of sp³-hybridized carbons (Fsp3) is 0.300. The van der Waals surface area contributed by atoms with Crippen LogP contribution in [-0.4, -0.2) is 41.5 Å². The van der Waals surface area contributed by atoms with Crippen molar-refractivity contribution in [1.29, 1.82) is 0 Å². The average Bonchev–Trinajstić information content (AvgIpc) is 2.78. The zero-order valence-corrected chi connectivity index (χ0v) is 12.3. The van der Waals surface area contributed by atoms with Gasteiger partial charge in [0.15, 0.2) is 0 Å². The van der Waals surface area contributed by atoms with Crippen LogP contribution in [0.15, 0.2) is 33.6 Å². The molecule has 0 amide bonds. The van der Waals surface area contributed by atoms with Crippen molar-refractivity contribution in [3.8, 4) is 0 Å². The molecule has 1 N–H and O–H groups in total. The van der Waals surface area contributed by atoms with Crippen LogP contribution in [0.2, 0.25) is 0 Å². The Labute approximate surface area is 117 Å². The van der Waals surface area contributed by atoms with E-state index in [1.165, 1.54) is 23.9 Å². The molecule has 2 rings (SSSR count). The van der Waals surface area contributed by atoms with Crippen LogP contribution in [0, 0.1) is 0 Å². The maximum atomic E-state index is 12.3. The molecule has 18 heavy (non-hydrogen) atoms. The van der Waals surface area contributed by atoms with Crippen LogP contribution in [0.1, 0.15) is 0 Å². The van der Waals surface area contributed by atoms with Gasteiger partial charge in [0, 0.05) is 10.2 Å². The average molecular weight is 352 g/mol. The van der Waals surface area contributed by atoms with Crippen LogP contribution >= 0.6 is 27.7 Å². The minimum absolute atomic E-state index is 0.102. The summed E-state index contributed by atoms with van der Waals surface area (Å²) in [7, 11) is -3.75. The Hall–Kier alpha value is -0.570. The van der Waals surface area contributed by atoms with E-state index in [1.54, 1.807) is 12.1 Å². The Morgan fingerprint density at radius 1 is 1.50 bits per heavy atom. The molecular formula is C10H10BrNO4S2. The lowest BCUT2D eigenvalue weighted by Crippen LogP contribution is -2.41. The quantitative estimate of drug-likeness (QED) is 0.894. The Morgan fingerprint density at radius 3 is 2.83 bits per heavy atom. The highest BCUT2D eigenvalue weighted by Gasteiger charge is 2.40. The summed E-state index contributed by atoms with van der Waals surface area (Å²) < 4.78 is 26.3. The normalized spacial score (nSPS) is 21.1. The van der Waals surface area contributed by atoms with Gasteiger partial charge in [-0.2, -0.15) is 4.31 Å². The summed E-state index contributed by atoms with van der Waals surface area (Å²) in [5, 5.41) is 9.02. The molecule has 1 atom stereocenters. The molecule has 1 aliphatic heterocycles. The van der Waals surface area contributed by atoms with Gasteiger partial charge in [0.25, 0.3) is 0 Å². The lowest BCUT2D eigenvalue weighted by molar-refractivity contribution is -0.140. The molecule has 1 unspecified atom stereocenters. The molecule has 1 aliphatic rings. The first kappa shape index (κ1) is 13.9. The van der Waals surface area contributed by atoms with Gasteiger partial charge in [-0.05, 0) is 18.2 Å². The van der Waals surface area contributed by atoms with Crippen LogP contribution in [-0.2, 0) is 14.8 Å². The predicted molar refractivity (Wildman–Crippen MR) is 71.9 cm³/mol. The Bertz CT molecular complexity index is 575. The maximum absolute atomic E-state index is 12.3. The van der Waals surface area contributed by atoms with Gasteiger partial charge in [-0.15, -0.1) is 11.8 Å². The van der Waals surface area contributed by atoms with E-state index < -0.39 is 22.0 Å². The second kappa shape index (κ2) is 5.20. The number of thioether (sulfide) groups is 1. The van der Waals surface area contributed by atoms with E-state index in [-0.39, 0.29) is 16.5 Å². The SMILES string of the molecule is O=C(O)C1CSCN1S(=O)(=O)c1cccc(Br)c1. The van der Waals surface area contributed by atoms with Crippen LogP contribution in [0.5, 0.6) is 0 Å². The molecule has 98 valence electrons. The van der Waals surface area contributed by atoms with Gasteiger partial charge in [-0.3, -0.25) is 4.79 Å². The number of aliphatic carboxylic acids is 1. The highest BCUT2D eigenvalue weighted by atomic mass is 79.9. The van der Waals surface area contributed by atoms with Gasteiger partial charge in [0.05, 0.1) is 10.8 Å². The third-order valence-electron chi connectivity index (χ3n) is 2.53. The van der Waals surface area contributed by atoms with Crippen LogP contribution in [0.4, 0.5) is 0 Å². The van der Waals surface area contributed by atoms with Crippen molar-refractivity contribution in [3.63, 3.8) is 0 Å². The Kier molecular flexibility index (Phi) is 4.00. The van der Waals surface area contributed by atoms with E-state index in [4.69, 9.17) is 5.11 Å². The van der Waals surface area contributed by atoms with E-state index >= 15 is 0 Å². The van der Waals surface area contributed by atoms with Gasteiger partial charge in [0.1, 0.15) is 6.04 Å². The molecule has 0 saturated carbocycles. The molecule has 0 radical (unpaired) electrons. The van der Waals surface area contributed by atoms with Crippen molar-refractivity contribution in [3.05, 3.63) is 28.7 Å². The number of carboxylic acids is 1. The number of nitrogens with zero attached hydrogens (tertiary/aromatic N) is 1. The zero-order valence-electron chi connectivity index (χ0n) is 9.11. The molecule has 0 aromatic heterocycles. The van der Waals surface area contributed by atoms with Crippen LogP contribution in [0.25, 0.3) is 0 Å². The second-order valence-corrected chi connectivity index (χ2v) is 7.51. The summed E-state index contributed by atoms with van der Waals surface area (Å²) >= 11 is 4.50. The number of benzene rings is 1. The van der Waals surface area contributed by atoms with Gasteiger partial charge in [0.2, 0.25) is 10.0 Å². The molecule has 1 aromatic rings. The smallest absolute Gasteiger partial charge is 0.322 e. The van der Waals surface area contributed by atoms with Crippen molar-refractivity contribution in [2.75, 3.05) is 11.6 Å². The van der Waals surface area contributed by atoms with E-state index in [0.29, 0.717) is 4.47 Å². The largest absolute Gasteiger partial charge is 0.480 e. The van der Waals surface area contributed by atoms with Gasteiger partial charge in [-0.1, -0.05) is 22.0 Å². The van der Waals surface area contributed by atoms with E-state index in [9.17, 15) is 13.2 Å². The highest BCUT2D eigenvalue weighted by molar-refractivity contribution is 9.10. The first-order chi connectivity index (χ1) is 8.43. The number of rotatable bonds is 3. The summed E-state index contributed by atoms with van der Waals surface area (Å²) in [4.78, 5) is 11.1. The predicted octanol–water partition coefficient (Wildman–Crippen LogP) is 1.60. The topological polar surface area (TPSA) is 74.7 Å². The summed E-state index contributed by atoms with van der Waals surface area (Å²) in [6, 6.07) is 5.26. The molecule has 8 heteroatoms. The molecule has 0 spiro atoms. The lowest BCUT2D eigenvalue weighted by atomic mass is 10.4. The standard InChI is InChI=1S/C10H10BrNO4S2/c11-7-2-1-3-8(4-7)18(15,16)12-6-17-5-9(12)10(13)14/h1-4,9H,5-6H2,(H,13,14). The van der Waals surface area contributed by atoms with Gasteiger partial charge in [-0.25, -0.2) is 8.42 Å². The Balaban J connectivity index is 2.40.